The van der Waals surface area contributed by atoms with Gasteiger partial charge >= 0.3 is 12.7 Å². The van der Waals surface area contributed by atoms with Gasteiger partial charge in [0.25, 0.3) is 5.91 Å². The lowest BCUT2D eigenvalue weighted by Crippen LogP contribution is -2.27. The Kier molecular flexibility index (Phi) is 9.27. The summed E-state index contributed by atoms with van der Waals surface area (Å²) in [5.41, 5.74) is 4.38. The van der Waals surface area contributed by atoms with Crippen LogP contribution in [0.1, 0.15) is 67.9 Å². The maximum Gasteiger partial charge on any atom is 0.405 e. The van der Waals surface area contributed by atoms with Crippen LogP contribution in [0, 0.1) is 23.0 Å². The number of oxazole rings is 1. The van der Waals surface area contributed by atoms with Crippen molar-refractivity contribution in [3.8, 4) is 23.0 Å². The zero-order valence-electron chi connectivity index (χ0n) is 23.2. The molecular weight excluding hydrogens is 562 g/mol. The molecule has 0 unspecified atom stereocenters. The number of hydrogen-bond acceptors (Lipinski definition) is 7. The summed E-state index contributed by atoms with van der Waals surface area (Å²) in [7, 11) is 0. The van der Waals surface area contributed by atoms with E-state index in [-0.39, 0.29) is 46.4 Å². The Balaban J connectivity index is 1.73. The van der Waals surface area contributed by atoms with Crippen molar-refractivity contribution < 1.29 is 45.8 Å². The van der Waals surface area contributed by atoms with Crippen molar-refractivity contribution in [1.29, 1.82) is 0 Å². The fraction of sp³-hybridized carbons (Fsp3) is 0.414. The number of ether oxygens (including phenoxy) is 3. The summed E-state index contributed by atoms with van der Waals surface area (Å²) < 4.78 is 75.9. The van der Waals surface area contributed by atoms with Crippen molar-refractivity contribution in [1.82, 2.24) is 10.3 Å². The van der Waals surface area contributed by atoms with E-state index in [0.29, 0.717) is 12.5 Å². The molecule has 3 aromatic rings. The molecule has 1 fully saturated rings. The van der Waals surface area contributed by atoms with Crippen LogP contribution in [0.15, 0.2) is 40.8 Å². The smallest absolute Gasteiger partial charge is 0.405 e. The fourth-order valence-electron chi connectivity index (χ4n) is 4.11. The predicted molar refractivity (Wildman–Crippen MR) is 142 cm³/mol. The van der Waals surface area contributed by atoms with Gasteiger partial charge in [-0.2, -0.15) is 8.78 Å². The Morgan fingerprint density at radius 2 is 1.81 bits per heavy atom. The van der Waals surface area contributed by atoms with Gasteiger partial charge in [0.2, 0.25) is 5.89 Å². The number of primary amides is 1. The predicted octanol–water partition coefficient (Wildman–Crippen LogP) is 6.51. The summed E-state index contributed by atoms with van der Waals surface area (Å²) in [4.78, 5) is 29.4. The molecule has 42 heavy (non-hydrogen) atoms. The van der Waals surface area contributed by atoms with E-state index in [4.69, 9.17) is 19.6 Å². The lowest BCUT2D eigenvalue weighted by atomic mass is 9.88. The lowest BCUT2D eigenvalue weighted by Gasteiger charge is -2.24. The maximum atomic E-state index is 14.2. The van der Waals surface area contributed by atoms with Crippen molar-refractivity contribution in [2.45, 2.75) is 59.3 Å². The number of amides is 2. The highest BCUT2D eigenvalue weighted by atomic mass is 19.3. The third kappa shape index (κ3) is 8.14. The molecule has 1 saturated carbocycles. The summed E-state index contributed by atoms with van der Waals surface area (Å²) in [6, 6.07) is 7.29. The van der Waals surface area contributed by atoms with Gasteiger partial charge in [-0.3, -0.25) is 4.79 Å². The van der Waals surface area contributed by atoms with E-state index in [0.717, 1.165) is 25.0 Å². The molecule has 1 atom stereocenters. The van der Waals surface area contributed by atoms with E-state index in [2.05, 4.69) is 15.0 Å². The maximum absolute atomic E-state index is 14.2. The minimum atomic E-state index is -3.09. The van der Waals surface area contributed by atoms with Crippen molar-refractivity contribution in [2.24, 2.45) is 17.1 Å². The molecule has 1 heterocycles. The number of carbonyl (C=O) groups is 2. The van der Waals surface area contributed by atoms with Crippen LogP contribution in [0.4, 0.5) is 22.4 Å². The second kappa shape index (κ2) is 12.7. The minimum absolute atomic E-state index is 0.0140. The number of alkyl halides is 2. The van der Waals surface area contributed by atoms with Gasteiger partial charge in [0.1, 0.15) is 11.6 Å². The zero-order valence-corrected chi connectivity index (χ0v) is 23.2. The molecule has 9 nitrogen and oxygen atoms in total. The van der Waals surface area contributed by atoms with Gasteiger partial charge in [-0.15, -0.1) is 0 Å². The fourth-order valence-corrected chi connectivity index (χ4v) is 4.11. The first-order chi connectivity index (χ1) is 19.8. The number of aromatic nitrogens is 1. The lowest BCUT2D eigenvalue weighted by molar-refractivity contribution is -0.0515. The van der Waals surface area contributed by atoms with Crippen molar-refractivity contribution in [3.63, 3.8) is 0 Å². The largest absolute Gasteiger partial charge is 0.489 e. The van der Waals surface area contributed by atoms with Crippen molar-refractivity contribution in [3.05, 3.63) is 65.1 Å². The van der Waals surface area contributed by atoms with Crippen LogP contribution in [0.2, 0.25) is 0 Å². The first-order valence-electron chi connectivity index (χ1n) is 13.2. The van der Waals surface area contributed by atoms with Crippen LogP contribution in [0.25, 0.3) is 11.5 Å². The normalized spacial score (nSPS) is 14.0. The number of nitrogens with one attached hydrogen (secondary N) is 1. The van der Waals surface area contributed by atoms with Gasteiger partial charge in [0.15, 0.2) is 29.1 Å². The van der Waals surface area contributed by atoms with E-state index in [1.807, 2.05) is 20.8 Å². The Hall–Kier alpha value is -4.29. The molecule has 2 aromatic carbocycles. The molecule has 2 amide bonds. The summed E-state index contributed by atoms with van der Waals surface area (Å²) in [5, 5.41) is 2.41. The van der Waals surface area contributed by atoms with Crippen LogP contribution >= 0.6 is 0 Å². The van der Waals surface area contributed by atoms with E-state index < -0.39 is 48.3 Å². The molecule has 0 radical (unpaired) electrons. The van der Waals surface area contributed by atoms with Gasteiger partial charge in [0, 0.05) is 17.7 Å². The number of carbonyl (C=O) groups excluding carboxylic acids is 2. The highest BCUT2D eigenvalue weighted by molar-refractivity contribution is 5.94. The first-order valence-corrected chi connectivity index (χ1v) is 13.2. The van der Waals surface area contributed by atoms with E-state index in [1.165, 1.54) is 24.3 Å². The average Bonchev–Trinajstić information content (AvgIpc) is 3.61. The molecule has 0 aliphatic heterocycles. The van der Waals surface area contributed by atoms with Crippen LogP contribution in [-0.4, -0.2) is 30.2 Å². The molecule has 0 saturated heterocycles. The first kappa shape index (κ1) is 30.7. The number of nitrogens with two attached hydrogens (primary N) is 1. The Morgan fingerprint density at radius 3 is 2.40 bits per heavy atom. The molecule has 1 aliphatic carbocycles. The molecular formula is C29H31F4N3O6. The highest BCUT2D eigenvalue weighted by Gasteiger charge is 2.33. The quantitative estimate of drug-likeness (QED) is 0.229. The summed E-state index contributed by atoms with van der Waals surface area (Å²) >= 11 is 0. The highest BCUT2D eigenvalue weighted by Crippen LogP contribution is 2.39. The summed E-state index contributed by atoms with van der Waals surface area (Å²) in [6.45, 7) is 2.25. The minimum Gasteiger partial charge on any atom is -0.489 e. The van der Waals surface area contributed by atoms with Crippen molar-refractivity contribution in [2.75, 3.05) is 6.61 Å². The summed E-state index contributed by atoms with van der Waals surface area (Å²) in [6.07, 6.45) is -0.229. The molecule has 0 bridgehead atoms. The standard InChI is InChI=1S/C29H31F4N3O6/c1-29(2,3)12-22(41-28(34)38)24-23(25(37)35-13-17-18(30)5-4-6-19(17)31)36-26(42-24)16-9-10-20(40-27(32)33)21(11-16)39-14-15-7-8-15/h4-6,9-11,15,22,27H,7-8,12-14H2,1-3H3,(H2,34,38)(H,35,37)/t22-/m0/s1. The molecule has 13 heteroatoms. The SMILES string of the molecule is CC(C)(C)C[C@H](OC(N)=O)c1oc(-c2ccc(OC(F)F)c(OCC3CC3)c2)nc1C(=O)NCc1c(F)cccc1F. The van der Waals surface area contributed by atoms with Gasteiger partial charge in [-0.25, -0.2) is 18.6 Å². The number of hydrogen-bond donors (Lipinski definition) is 2. The molecule has 0 spiro atoms. The van der Waals surface area contributed by atoms with E-state index in [1.54, 1.807) is 0 Å². The van der Waals surface area contributed by atoms with Crippen LogP contribution < -0.4 is 20.5 Å². The van der Waals surface area contributed by atoms with Gasteiger partial charge < -0.3 is 29.7 Å². The number of benzene rings is 2. The van der Waals surface area contributed by atoms with Crippen LogP contribution in [0.5, 0.6) is 11.5 Å². The second-order valence-corrected chi connectivity index (χ2v) is 11.1. The Morgan fingerprint density at radius 1 is 1.12 bits per heavy atom. The molecule has 3 N–H and O–H groups in total. The van der Waals surface area contributed by atoms with Crippen LogP contribution in [-0.2, 0) is 11.3 Å². The Bertz CT molecular complexity index is 1410. The second-order valence-electron chi connectivity index (χ2n) is 11.1. The average molecular weight is 594 g/mol. The van der Waals surface area contributed by atoms with Crippen molar-refractivity contribution >= 4 is 12.0 Å². The third-order valence-corrected chi connectivity index (χ3v) is 6.28. The van der Waals surface area contributed by atoms with E-state index >= 15 is 0 Å². The number of nitrogens with zero attached hydrogens (tertiary/aromatic N) is 1. The van der Waals surface area contributed by atoms with E-state index in [9.17, 15) is 27.2 Å². The van der Waals surface area contributed by atoms with Crippen LogP contribution in [0.3, 0.4) is 0 Å². The van der Waals surface area contributed by atoms with Gasteiger partial charge in [-0.05, 0) is 60.9 Å². The van der Waals surface area contributed by atoms with Gasteiger partial charge in [-0.1, -0.05) is 26.8 Å². The number of rotatable bonds is 12. The Labute approximate surface area is 239 Å². The molecule has 1 aliphatic rings. The molecule has 226 valence electrons. The number of halogens is 4. The third-order valence-electron chi connectivity index (χ3n) is 6.28. The van der Waals surface area contributed by atoms with Gasteiger partial charge in [0.05, 0.1) is 6.61 Å². The topological polar surface area (TPSA) is 126 Å². The molecule has 1 aromatic heterocycles. The molecule has 4 rings (SSSR count). The summed E-state index contributed by atoms with van der Waals surface area (Å²) in [5.74, 6) is -2.78. The zero-order chi connectivity index (χ0) is 30.6. The monoisotopic (exact) mass is 593 g/mol.